The number of nitrogens with two attached hydrogens (primary N) is 2. The minimum Gasteiger partial charge on any atom is -0.329 e. The Morgan fingerprint density at radius 1 is 1.50 bits per heavy atom. The van der Waals surface area contributed by atoms with Crippen LogP contribution in [-0.2, 0) is 0 Å². The van der Waals surface area contributed by atoms with E-state index in [0.717, 1.165) is 0 Å². The zero-order chi connectivity index (χ0) is 9.14. The molecule has 1 aromatic rings. The highest BCUT2D eigenvalue weighted by Crippen LogP contribution is 2.24. The zero-order valence-electron chi connectivity index (χ0n) is 6.43. The predicted molar refractivity (Wildman–Crippen MR) is 50.1 cm³/mol. The third-order valence-corrected chi connectivity index (χ3v) is 2.47. The summed E-state index contributed by atoms with van der Waals surface area (Å²) in [5.74, 6) is -0.309. The lowest BCUT2D eigenvalue weighted by Crippen LogP contribution is -2.21. The Bertz CT molecular complexity index is 278. The summed E-state index contributed by atoms with van der Waals surface area (Å²) in [7, 11) is 0. The van der Waals surface area contributed by atoms with Crippen molar-refractivity contribution in [1.82, 2.24) is 0 Å². The van der Waals surface area contributed by atoms with Crippen molar-refractivity contribution in [3.63, 3.8) is 0 Å². The Kier molecular flexibility index (Phi) is 3.20. The fraction of sp³-hybridized carbons (Fsp3) is 0.250. The van der Waals surface area contributed by atoms with Crippen LogP contribution in [-0.4, -0.2) is 6.54 Å². The van der Waals surface area contributed by atoms with Crippen molar-refractivity contribution in [1.29, 1.82) is 0 Å². The van der Waals surface area contributed by atoms with Gasteiger partial charge < -0.3 is 11.5 Å². The molecular weight excluding hydrogens is 223 g/mol. The van der Waals surface area contributed by atoms with Crippen LogP contribution < -0.4 is 11.5 Å². The van der Waals surface area contributed by atoms with Crippen molar-refractivity contribution in [2.24, 2.45) is 11.5 Å². The van der Waals surface area contributed by atoms with Crippen molar-refractivity contribution >= 4 is 15.9 Å². The van der Waals surface area contributed by atoms with Gasteiger partial charge in [0.1, 0.15) is 5.82 Å². The maximum absolute atomic E-state index is 12.9. The second-order valence-electron chi connectivity index (χ2n) is 2.49. The first-order valence-corrected chi connectivity index (χ1v) is 4.35. The molecule has 0 bridgehead atoms. The molecule has 2 nitrogen and oxygen atoms in total. The van der Waals surface area contributed by atoms with Gasteiger partial charge in [-0.3, -0.25) is 0 Å². The molecule has 4 heteroatoms. The predicted octanol–water partition coefficient (Wildman–Crippen LogP) is 1.55. The summed E-state index contributed by atoms with van der Waals surface area (Å²) >= 11 is 3.11. The van der Waals surface area contributed by atoms with Crippen LogP contribution in [0.3, 0.4) is 0 Å². The summed E-state index contributed by atoms with van der Waals surface area (Å²) in [6, 6.07) is 4.43. The van der Waals surface area contributed by atoms with Gasteiger partial charge in [-0.05, 0) is 27.6 Å². The molecule has 1 aromatic carbocycles. The third kappa shape index (κ3) is 1.83. The molecule has 0 aliphatic heterocycles. The first kappa shape index (κ1) is 9.64. The topological polar surface area (TPSA) is 52.0 Å². The van der Waals surface area contributed by atoms with Gasteiger partial charge >= 0.3 is 0 Å². The average Bonchev–Trinajstić information content (AvgIpc) is 2.08. The van der Waals surface area contributed by atoms with Crippen LogP contribution in [0.1, 0.15) is 11.6 Å². The van der Waals surface area contributed by atoms with Gasteiger partial charge in [0, 0.05) is 12.6 Å². The number of benzene rings is 1. The molecule has 0 amide bonds. The maximum atomic E-state index is 12.9. The molecule has 0 heterocycles. The number of rotatable bonds is 2. The summed E-state index contributed by atoms with van der Waals surface area (Å²) < 4.78 is 13.3. The van der Waals surface area contributed by atoms with Gasteiger partial charge in [0.2, 0.25) is 0 Å². The molecule has 0 saturated heterocycles. The number of hydrogen-bond donors (Lipinski definition) is 2. The smallest absolute Gasteiger partial charge is 0.137 e. The highest BCUT2D eigenvalue weighted by Gasteiger charge is 2.10. The lowest BCUT2D eigenvalue weighted by atomic mass is 10.1. The van der Waals surface area contributed by atoms with E-state index in [-0.39, 0.29) is 11.9 Å². The highest BCUT2D eigenvalue weighted by molar-refractivity contribution is 9.10. The zero-order valence-corrected chi connectivity index (χ0v) is 8.01. The van der Waals surface area contributed by atoms with Crippen LogP contribution in [0.25, 0.3) is 0 Å². The highest BCUT2D eigenvalue weighted by atomic mass is 79.9. The van der Waals surface area contributed by atoms with Crippen molar-refractivity contribution in [3.05, 3.63) is 34.1 Å². The van der Waals surface area contributed by atoms with Crippen molar-refractivity contribution in [3.8, 4) is 0 Å². The molecule has 0 aromatic heterocycles. The summed E-state index contributed by atoms with van der Waals surface area (Å²) in [6.45, 7) is 0.308. The quantitative estimate of drug-likeness (QED) is 0.814. The van der Waals surface area contributed by atoms with Crippen LogP contribution in [0.15, 0.2) is 22.7 Å². The summed E-state index contributed by atoms with van der Waals surface area (Å²) in [4.78, 5) is 0. The van der Waals surface area contributed by atoms with Crippen LogP contribution in [0.4, 0.5) is 4.39 Å². The second-order valence-corrected chi connectivity index (χ2v) is 3.28. The second kappa shape index (κ2) is 3.98. The molecular formula is C8H10BrFN2. The molecule has 0 spiro atoms. The Morgan fingerprint density at radius 3 is 2.75 bits per heavy atom. The van der Waals surface area contributed by atoms with Crippen LogP contribution >= 0.6 is 15.9 Å². The first-order valence-electron chi connectivity index (χ1n) is 3.56. The van der Waals surface area contributed by atoms with E-state index >= 15 is 0 Å². The molecule has 1 rings (SSSR count). The molecule has 66 valence electrons. The van der Waals surface area contributed by atoms with Crippen LogP contribution in [0.2, 0.25) is 0 Å². The average molecular weight is 233 g/mol. The first-order chi connectivity index (χ1) is 5.66. The van der Waals surface area contributed by atoms with E-state index in [1.54, 1.807) is 12.1 Å². The van der Waals surface area contributed by atoms with Crippen LogP contribution in [0.5, 0.6) is 0 Å². The molecule has 4 N–H and O–H groups in total. The minimum atomic E-state index is -0.310. The van der Waals surface area contributed by atoms with E-state index in [1.165, 1.54) is 6.07 Å². The minimum absolute atomic E-state index is 0.308. The third-order valence-electron chi connectivity index (χ3n) is 1.63. The summed E-state index contributed by atoms with van der Waals surface area (Å²) in [6.07, 6.45) is 0. The van der Waals surface area contributed by atoms with Gasteiger partial charge in [0.05, 0.1) is 4.47 Å². The summed E-state index contributed by atoms with van der Waals surface area (Å²) in [5.41, 5.74) is 11.7. The molecule has 0 aliphatic carbocycles. The van der Waals surface area contributed by atoms with E-state index in [9.17, 15) is 4.39 Å². The number of halogens is 2. The molecule has 0 saturated carbocycles. The lowest BCUT2D eigenvalue weighted by Gasteiger charge is -2.11. The van der Waals surface area contributed by atoms with E-state index in [1.807, 2.05) is 0 Å². The van der Waals surface area contributed by atoms with Crippen molar-refractivity contribution in [2.45, 2.75) is 6.04 Å². The lowest BCUT2D eigenvalue weighted by molar-refractivity contribution is 0.611. The monoisotopic (exact) mass is 232 g/mol. The van der Waals surface area contributed by atoms with Gasteiger partial charge in [0.25, 0.3) is 0 Å². The molecule has 12 heavy (non-hydrogen) atoms. The Hall–Kier alpha value is -0.450. The van der Waals surface area contributed by atoms with E-state index in [4.69, 9.17) is 11.5 Å². The number of hydrogen-bond acceptors (Lipinski definition) is 2. The van der Waals surface area contributed by atoms with Crippen molar-refractivity contribution < 1.29 is 4.39 Å². The summed E-state index contributed by atoms with van der Waals surface area (Å²) in [5, 5.41) is 0. The molecule has 0 radical (unpaired) electrons. The molecule has 1 atom stereocenters. The van der Waals surface area contributed by atoms with E-state index in [0.29, 0.717) is 16.6 Å². The molecule has 0 aliphatic rings. The fourth-order valence-corrected chi connectivity index (χ4v) is 1.49. The van der Waals surface area contributed by atoms with E-state index in [2.05, 4.69) is 15.9 Å². The molecule has 0 unspecified atom stereocenters. The van der Waals surface area contributed by atoms with Gasteiger partial charge in [-0.15, -0.1) is 0 Å². The Morgan fingerprint density at radius 2 is 2.17 bits per heavy atom. The van der Waals surface area contributed by atoms with E-state index < -0.39 is 0 Å². The van der Waals surface area contributed by atoms with Crippen LogP contribution in [0, 0.1) is 5.82 Å². The Balaban J connectivity index is 3.07. The SMILES string of the molecule is NC[C@@H](N)c1cccc(F)c1Br. The van der Waals surface area contributed by atoms with Gasteiger partial charge in [-0.1, -0.05) is 12.1 Å². The maximum Gasteiger partial charge on any atom is 0.137 e. The van der Waals surface area contributed by atoms with Gasteiger partial charge in [-0.25, -0.2) is 4.39 Å². The van der Waals surface area contributed by atoms with Crippen molar-refractivity contribution in [2.75, 3.05) is 6.54 Å². The normalized spacial score (nSPS) is 13.0. The standard InChI is InChI=1S/C8H10BrFN2/c9-8-5(7(12)4-11)2-1-3-6(8)10/h1-3,7H,4,11-12H2/t7-/m1/s1. The van der Waals surface area contributed by atoms with Gasteiger partial charge in [0.15, 0.2) is 0 Å². The molecule has 0 fully saturated rings. The van der Waals surface area contributed by atoms with Gasteiger partial charge in [-0.2, -0.15) is 0 Å². The Labute approximate surface area is 78.9 Å². The largest absolute Gasteiger partial charge is 0.329 e. The fourth-order valence-electron chi connectivity index (χ4n) is 0.934.